The van der Waals surface area contributed by atoms with Crippen molar-refractivity contribution in [3.05, 3.63) is 65.7 Å². The van der Waals surface area contributed by atoms with E-state index in [0.29, 0.717) is 0 Å². The van der Waals surface area contributed by atoms with Crippen LogP contribution in [0.3, 0.4) is 0 Å². The van der Waals surface area contributed by atoms with Gasteiger partial charge in [-0.3, -0.25) is 4.90 Å². The van der Waals surface area contributed by atoms with Crippen LogP contribution in [0.25, 0.3) is 0 Å². The predicted octanol–water partition coefficient (Wildman–Crippen LogP) is 4.43. The summed E-state index contributed by atoms with van der Waals surface area (Å²) in [6.07, 6.45) is 2.52. The first-order chi connectivity index (χ1) is 11.3. The fourth-order valence-electron chi connectivity index (χ4n) is 2.62. The molecule has 0 aliphatic heterocycles. The van der Waals surface area contributed by atoms with Crippen LogP contribution in [0.2, 0.25) is 0 Å². The molecule has 0 aromatic heterocycles. The molecule has 2 rings (SSSR count). The van der Waals surface area contributed by atoms with Crippen molar-refractivity contribution in [1.29, 1.82) is 0 Å². The number of hydrogen-bond acceptors (Lipinski definition) is 3. The first kappa shape index (κ1) is 17.5. The monoisotopic (exact) mass is 311 g/mol. The molecule has 0 bridgehead atoms. The number of rotatable bonds is 10. The van der Waals surface area contributed by atoms with Crippen LogP contribution in [-0.2, 0) is 13.1 Å². The van der Waals surface area contributed by atoms with Gasteiger partial charge in [-0.25, -0.2) is 5.43 Å². The third-order valence-corrected chi connectivity index (χ3v) is 4.07. The average Bonchev–Trinajstić information content (AvgIpc) is 2.60. The van der Waals surface area contributed by atoms with E-state index in [1.54, 1.807) is 0 Å². The van der Waals surface area contributed by atoms with E-state index >= 15 is 0 Å². The minimum absolute atomic E-state index is 0.816. The number of benzene rings is 2. The SMILES string of the molecule is CCCCN(CC)Cc1ccccc1CNNc1ccccc1. The van der Waals surface area contributed by atoms with Crippen LogP contribution in [0, 0.1) is 0 Å². The quantitative estimate of drug-likeness (QED) is 0.636. The number of nitrogens with one attached hydrogen (secondary N) is 2. The molecule has 2 aromatic rings. The lowest BCUT2D eigenvalue weighted by Crippen LogP contribution is -2.26. The lowest BCUT2D eigenvalue weighted by molar-refractivity contribution is 0.274. The Hall–Kier alpha value is -1.84. The van der Waals surface area contributed by atoms with Crippen LogP contribution in [0.1, 0.15) is 37.8 Å². The number of hydrogen-bond donors (Lipinski definition) is 2. The van der Waals surface area contributed by atoms with Crippen LogP contribution in [-0.4, -0.2) is 18.0 Å². The van der Waals surface area contributed by atoms with Gasteiger partial charge in [0.25, 0.3) is 0 Å². The molecule has 0 amide bonds. The highest BCUT2D eigenvalue weighted by molar-refractivity contribution is 5.41. The van der Waals surface area contributed by atoms with E-state index in [1.807, 2.05) is 18.2 Å². The van der Waals surface area contributed by atoms with Crippen molar-refractivity contribution in [3.8, 4) is 0 Å². The molecule has 2 aromatic carbocycles. The first-order valence-electron chi connectivity index (χ1n) is 8.66. The van der Waals surface area contributed by atoms with Gasteiger partial charge in [-0.2, -0.15) is 0 Å². The number of nitrogens with zero attached hydrogens (tertiary/aromatic N) is 1. The van der Waals surface area contributed by atoms with Gasteiger partial charge in [0.2, 0.25) is 0 Å². The third-order valence-electron chi connectivity index (χ3n) is 4.07. The third kappa shape index (κ3) is 6.05. The highest BCUT2D eigenvalue weighted by atomic mass is 15.3. The highest BCUT2D eigenvalue weighted by Gasteiger charge is 2.07. The van der Waals surface area contributed by atoms with E-state index in [4.69, 9.17) is 0 Å². The van der Waals surface area contributed by atoms with Crippen LogP contribution in [0.15, 0.2) is 54.6 Å². The van der Waals surface area contributed by atoms with E-state index in [2.05, 4.69) is 66.0 Å². The zero-order chi connectivity index (χ0) is 16.3. The van der Waals surface area contributed by atoms with Gasteiger partial charge < -0.3 is 5.43 Å². The van der Waals surface area contributed by atoms with Gasteiger partial charge in [0.1, 0.15) is 0 Å². The fraction of sp³-hybridized carbons (Fsp3) is 0.400. The average molecular weight is 311 g/mol. The molecule has 3 nitrogen and oxygen atoms in total. The Morgan fingerprint density at radius 1 is 0.870 bits per heavy atom. The van der Waals surface area contributed by atoms with Gasteiger partial charge in [0.05, 0.1) is 0 Å². The Labute approximate surface area is 140 Å². The summed E-state index contributed by atoms with van der Waals surface area (Å²) in [6.45, 7) is 8.62. The van der Waals surface area contributed by atoms with Gasteiger partial charge in [-0.05, 0) is 42.8 Å². The number of unbranched alkanes of at least 4 members (excludes halogenated alkanes) is 1. The van der Waals surface area contributed by atoms with E-state index < -0.39 is 0 Å². The van der Waals surface area contributed by atoms with E-state index in [1.165, 1.54) is 30.5 Å². The zero-order valence-corrected chi connectivity index (χ0v) is 14.4. The van der Waals surface area contributed by atoms with Gasteiger partial charge in [0, 0.05) is 18.8 Å². The molecule has 0 heterocycles. The molecule has 2 N–H and O–H groups in total. The predicted molar refractivity (Wildman–Crippen MR) is 99.2 cm³/mol. The number of hydrazine groups is 1. The van der Waals surface area contributed by atoms with Crippen molar-refractivity contribution in [2.24, 2.45) is 0 Å². The lowest BCUT2D eigenvalue weighted by Gasteiger charge is -2.22. The van der Waals surface area contributed by atoms with Gasteiger partial charge in [-0.15, -0.1) is 0 Å². The summed E-state index contributed by atoms with van der Waals surface area (Å²) in [5, 5.41) is 0. The molecule has 0 aliphatic rings. The van der Waals surface area contributed by atoms with Crippen molar-refractivity contribution in [2.75, 3.05) is 18.5 Å². The molecule has 0 fully saturated rings. The zero-order valence-electron chi connectivity index (χ0n) is 14.4. The molecular formula is C20H29N3. The van der Waals surface area contributed by atoms with Gasteiger partial charge in [0.15, 0.2) is 0 Å². The molecule has 124 valence electrons. The van der Waals surface area contributed by atoms with E-state index in [9.17, 15) is 0 Å². The van der Waals surface area contributed by atoms with E-state index in [0.717, 1.165) is 25.3 Å². The van der Waals surface area contributed by atoms with Crippen molar-refractivity contribution < 1.29 is 0 Å². The van der Waals surface area contributed by atoms with Gasteiger partial charge >= 0.3 is 0 Å². The molecule has 3 heteroatoms. The summed E-state index contributed by atoms with van der Waals surface area (Å²) < 4.78 is 0. The smallest absolute Gasteiger partial charge is 0.0487 e. The minimum Gasteiger partial charge on any atom is -0.321 e. The highest BCUT2D eigenvalue weighted by Crippen LogP contribution is 2.13. The first-order valence-corrected chi connectivity index (χ1v) is 8.66. The Morgan fingerprint density at radius 3 is 2.26 bits per heavy atom. The van der Waals surface area contributed by atoms with Gasteiger partial charge in [-0.1, -0.05) is 62.7 Å². The van der Waals surface area contributed by atoms with Crippen LogP contribution >= 0.6 is 0 Å². The van der Waals surface area contributed by atoms with Crippen LogP contribution < -0.4 is 10.9 Å². The van der Waals surface area contributed by atoms with Crippen molar-refractivity contribution in [3.63, 3.8) is 0 Å². The minimum atomic E-state index is 0.816. The van der Waals surface area contributed by atoms with Crippen molar-refractivity contribution in [2.45, 2.75) is 39.8 Å². The standard InChI is InChI=1S/C20H29N3/c1-3-5-15-23(4-2)17-19-12-10-9-11-18(19)16-21-22-20-13-7-6-8-14-20/h6-14,21-22H,3-5,15-17H2,1-2H3. The summed E-state index contributed by atoms with van der Waals surface area (Å²) >= 11 is 0. The van der Waals surface area contributed by atoms with Crippen LogP contribution in [0.5, 0.6) is 0 Å². The number of anilines is 1. The Morgan fingerprint density at radius 2 is 1.57 bits per heavy atom. The summed E-state index contributed by atoms with van der Waals surface area (Å²) in [7, 11) is 0. The summed E-state index contributed by atoms with van der Waals surface area (Å²) in [4.78, 5) is 2.52. The van der Waals surface area contributed by atoms with E-state index in [-0.39, 0.29) is 0 Å². The Bertz CT molecular complexity index is 554. The lowest BCUT2D eigenvalue weighted by atomic mass is 10.1. The Balaban J connectivity index is 1.91. The maximum absolute atomic E-state index is 3.32. The molecular weight excluding hydrogens is 282 g/mol. The summed E-state index contributed by atoms with van der Waals surface area (Å²) in [5.74, 6) is 0. The second-order valence-electron chi connectivity index (χ2n) is 5.84. The van der Waals surface area contributed by atoms with Crippen LogP contribution in [0.4, 0.5) is 5.69 Å². The molecule has 23 heavy (non-hydrogen) atoms. The van der Waals surface area contributed by atoms with Crippen molar-refractivity contribution in [1.82, 2.24) is 10.3 Å². The summed E-state index contributed by atoms with van der Waals surface area (Å²) in [6, 6.07) is 18.9. The largest absolute Gasteiger partial charge is 0.321 e. The fourth-order valence-corrected chi connectivity index (χ4v) is 2.62. The van der Waals surface area contributed by atoms with Crippen molar-refractivity contribution >= 4 is 5.69 Å². The summed E-state index contributed by atoms with van der Waals surface area (Å²) in [5.41, 5.74) is 10.4. The maximum atomic E-state index is 3.32. The Kier molecular flexibility index (Phi) is 7.64. The second-order valence-corrected chi connectivity index (χ2v) is 5.84. The molecule has 0 aliphatic carbocycles. The molecule has 0 saturated heterocycles. The molecule has 0 radical (unpaired) electrons. The second kappa shape index (κ2) is 10.0. The normalized spacial score (nSPS) is 10.9. The topological polar surface area (TPSA) is 27.3 Å². The molecule has 0 spiro atoms. The maximum Gasteiger partial charge on any atom is 0.0487 e. The molecule has 0 saturated carbocycles. The number of para-hydroxylation sites is 1. The molecule has 0 unspecified atom stereocenters. The molecule has 0 atom stereocenters.